The average molecular weight is 415 g/mol. The number of hydrogen-bond acceptors (Lipinski definition) is 1. The third-order valence-electron chi connectivity index (χ3n) is 6.51. The van der Waals surface area contributed by atoms with Crippen LogP contribution in [0.1, 0.15) is 63.1 Å². The number of unbranched alkanes of at least 4 members (excludes halogenated alkanes) is 1. The summed E-state index contributed by atoms with van der Waals surface area (Å²) in [5.41, 5.74) is 9.16. The lowest BCUT2D eigenvalue weighted by atomic mass is 9.90. The predicted molar refractivity (Wildman–Crippen MR) is 134 cm³/mol. The highest BCUT2D eigenvalue weighted by Crippen LogP contribution is 2.30. The van der Waals surface area contributed by atoms with Crippen LogP contribution < -0.4 is 0 Å². The molecule has 0 aliphatic carbocycles. The molecule has 0 aliphatic heterocycles. The molecule has 0 saturated heterocycles. The van der Waals surface area contributed by atoms with E-state index in [0.29, 0.717) is 6.42 Å². The van der Waals surface area contributed by atoms with Crippen LogP contribution in [0.3, 0.4) is 0 Å². The van der Waals surface area contributed by atoms with Gasteiger partial charge in [-0.15, -0.1) is 0 Å². The largest absolute Gasteiger partial charge is 0.396 e. The van der Waals surface area contributed by atoms with Crippen molar-refractivity contribution in [3.63, 3.8) is 0 Å². The molecule has 3 rings (SSSR count). The van der Waals surface area contributed by atoms with Gasteiger partial charge in [-0.05, 0) is 64.1 Å². The van der Waals surface area contributed by atoms with Crippen molar-refractivity contribution in [1.82, 2.24) is 0 Å². The molecule has 0 spiro atoms. The fourth-order valence-electron chi connectivity index (χ4n) is 4.44. The Kier molecular flexibility index (Phi) is 8.91. The summed E-state index contributed by atoms with van der Waals surface area (Å²) in [6.07, 6.45) is 8.16. The number of aliphatic hydroxyl groups is 1. The second-order valence-electron chi connectivity index (χ2n) is 8.71. The minimum Gasteiger partial charge on any atom is -0.396 e. The zero-order valence-electron chi connectivity index (χ0n) is 19.5. The lowest BCUT2D eigenvalue weighted by Crippen LogP contribution is -2.03. The standard InChI is InChI=1S/C30H38O/c1-4-7-8-23(5-2)21-25-11-13-27(14-12-25)29-17-18-30(26(6-3)22-29)28-15-9-24(10-16-28)19-20-31/h9-18,22-23,31H,4-8,19-21H2,1-3H3. The first-order chi connectivity index (χ1) is 15.2. The summed E-state index contributed by atoms with van der Waals surface area (Å²) in [5, 5.41) is 9.13. The average Bonchev–Trinajstić information content (AvgIpc) is 2.82. The molecule has 1 N–H and O–H groups in total. The van der Waals surface area contributed by atoms with Gasteiger partial charge in [-0.1, -0.05) is 113 Å². The molecule has 0 amide bonds. The molecule has 1 atom stereocenters. The van der Waals surface area contributed by atoms with Crippen molar-refractivity contribution in [2.75, 3.05) is 6.61 Å². The second-order valence-corrected chi connectivity index (χ2v) is 8.71. The molecular weight excluding hydrogens is 376 g/mol. The molecular formula is C30H38O. The normalized spacial score (nSPS) is 12.1. The van der Waals surface area contributed by atoms with Crippen LogP contribution in [0.5, 0.6) is 0 Å². The summed E-state index contributed by atoms with van der Waals surface area (Å²) in [5.74, 6) is 0.806. The Morgan fingerprint density at radius 3 is 2.00 bits per heavy atom. The number of hydrogen-bond donors (Lipinski definition) is 1. The van der Waals surface area contributed by atoms with Gasteiger partial charge in [0.05, 0.1) is 0 Å². The molecule has 0 aliphatic rings. The summed E-state index contributed by atoms with van der Waals surface area (Å²) >= 11 is 0. The van der Waals surface area contributed by atoms with Gasteiger partial charge in [0.2, 0.25) is 0 Å². The zero-order chi connectivity index (χ0) is 22.1. The molecule has 3 aromatic carbocycles. The molecule has 0 radical (unpaired) electrons. The molecule has 0 bridgehead atoms. The van der Waals surface area contributed by atoms with E-state index in [2.05, 4.69) is 87.5 Å². The van der Waals surface area contributed by atoms with Crippen LogP contribution in [-0.2, 0) is 19.3 Å². The monoisotopic (exact) mass is 414 g/mol. The molecule has 0 aromatic heterocycles. The van der Waals surface area contributed by atoms with Crippen LogP contribution in [0.25, 0.3) is 22.3 Å². The van der Waals surface area contributed by atoms with Crippen molar-refractivity contribution in [3.8, 4) is 22.3 Å². The molecule has 1 nitrogen and oxygen atoms in total. The van der Waals surface area contributed by atoms with Crippen molar-refractivity contribution in [1.29, 1.82) is 0 Å². The highest BCUT2D eigenvalue weighted by Gasteiger charge is 2.09. The van der Waals surface area contributed by atoms with Gasteiger partial charge in [0, 0.05) is 6.61 Å². The van der Waals surface area contributed by atoms with E-state index in [1.165, 1.54) is 71.0 Å². The Balaban J connectivity index is 1.77. The first-order valence-electron chi connectivity index (χ1n) is 12.1. The van der Waals surface area contributed by atoms with E-state index >= 15 is 0 Å². The molecule has 1 heteroatoms. The summed E-state index contributed by atoms with van der Waals surface area (Å²) < 4.78 is 0. The van der Waals surface area contributed by atoms with Gasteiger partial charge >= 0.3 is 0 Å². The van der Waals surface area contributed by atoms with Crippen LogP contribution >= 0.6 is 0 Å². The maximum atomic E-state index is 9.13. The third-order valence-corrected chi connectivity index (χ3v) is 6.51. The molecule has 31 heavy (non-hydrogen) atoms. The molecule has 3 aromatic rings. The van der Waals surface area contributed by atoms with Gasteiger partial charge in [0.1, 0.15) is 0 Å². The summed E-state index contributed by atoms with van der Waals surface area (Å²) in [6, 6.07) is 24.7. The van der Waals surface area contributed by atoms with Crippen molar-refractivity contribution in [2.45, 2.75) is 65.7 Å². The van der Waals surface area contributed by atoms with E-state index < -0.39 is 0 Å². The lowest BCUT2D eigenvalue weighted by Gasteiger charge is -2.15. The van der Waals surface area contributed by atoms with Crippen LogP contribution in [0.2, 0.25) is 0 Å². The van der Waals surface area contributed by atoms with E-state index in [-0.39, 0.29) is 6.61 Å². The van der Waals surface area contributed by atoms with E-state index in [4.69, 9.17) is 5.11 Å². The van der Waals surface area contributed by atoms with Crippen LogP contribution in [-0.4, -0.2) is 11.7 Å². The maximum absolute atomic E-state index is 9.13. The minimum absolute atomic E-state index is 0.199. The Labute approximate surface area is 189 Å². The summed E-state index contributed by atoms with van der Waals surface area (Å²) in [6.45, 7) is 7.03. The molecule has 0 fully saturated rings. The lowest BCUT2D eigenvalue weighted by molar-refractivity contribution is 0.299. The molecule has 164 valence electrons. The highest BCUT2D eigenvalue weighted by atomic mass is 16.2. The van der Waals surface area contributed by atoms with E-state index in [1.54, 1.807) is 0 Å². The zero-order valence-corrected chi connectivity index (χ0v) is 19.5. The Morgan fingerprint density at radius 1 is 0.742 bits per heavy atom. The quantitative estimate of drug-likeness (QED) is 0.338. The maximum Gasteiger partial charge on any atom is 0.0471 e. The third kappa shape index (κ3) is 6.31. The number of benzene rings is 3. The summed E-state index contributed by atoms with van der Waals surface area (Å²) in [4.78, 5) is 0. The Bertz CT molecular complexity index is 922. The minimum atomic E-state index is 0.199. The van der Waals surface area contributed by atoms with Gasteiger partial charge in [-0.3, -0.25) is 0 Å². The van der Waals surface area contributed by atoms with Crippen LogP contribution in [0.4, 0.5) is 0 Å². The topological polar surface area (TPSA) is 20.2 Å². The molecule has 0 saturated carbocycles. The number of aliphatic hydroxyl groups excluding tert-OH is 1. The van der Waals surface area contributed by atoms with Gasteiger partial charge < -0.3 is 5.11 Å². The van der Waals surface area contributed by atoms with Crippen LogP contribution in [0.15, 0.2) is 66.7 Å². The predicted octanol–water partition coefficient (Wildman–Crippen LogP) is 7.88. The molecule has 0 heterocycles. The van der Waals surface area contributed by atoms with Crippen molar-refractivity contribution >= 4 is 0 Å². The SMILES string of the molecule is CCCCC(CC)Cc1ccc(-c2ccc(-c3ccc(CCO)cc3)c(CC)c2)cc1. The van der Waals surface area contributed by atoms with Gasteiger partial charge in [-0.2, -0.15) is 0 Å². The Morgan fingerprint density at radius 2 is 1.39 bits per heavy atom. The van der Waals surface area contributed by atoms with Gasteiger partial charge in [0.25, 0.3) is 0 Å². The number of aryl methyl sites for hydroxylation is 1. The first kappa shape index (κ1) is 23.3. The fraction of sp³-hybridized carbons (Fsp3) is 0.400. The van der Waals surface area contributed by atoms with Gasteiger partial charge in [0.15, 0.2) is 0 Å². The highest BCUT2D eigenvalue weighted by molar-refractivity contribution is 5.74. The van der Waals surface area contributed by atoms with E-state index in [0.717, 1.165) is 12.3 Å². The molecule has 1 unspecified atom stereocenters. The van der Waals surface area contributed by atoms with Crippen molar-refractivity contribution < 1.29 is 5.11 Å². The Hall–Kier alpha value is -2.38. The van der Waals surface area contributed by atoms with E-state index in [1.807, 2.05) is 0 Å². The number of rotatable bonds is 11. The van der Waals surface area contributed by atoms with Crippen molar-refractivity contribution in [2.24, 2.45) is 5.92 Å². The van der Waals surface area contributed by atoms with Crippen molar-refractivity contribution in [3.05, 3.63) is 83.4 Å². The first-order valence-corrected chi connectivity index (χ1v) is 12.1. The van der Waals surface area contributed by atoms with E-state index in [9.17, 15) is 0 Å². The van der Waals surface area contributed by atoms with Crippen LogP contribution in [0, 0.1) is 5.92 Å². The second kappa shape index (κ2) is 11.9. The fourth-order valence-corrected chi connectivity index (χ4v) is 4.44. The summed E-state index contributed by atoms with van der Waals surface area (Å²) in [7, 11) is 0. The van der Waals surface area contributed by atoms with Gasteiger partial charge in [-0.25, -0.2) is 0 Å². The smallest absolute Gasteiger partial charge is 0.0471 e.